The monoisotopic (exact) mass is 672 g/mol. The molecule has 0 saturated carbocycles. The molecule has 0 amide bonds. The number of hydrogen-bond donors (Lipinski definition) is 1. The maximum absolute atomic E-state index is 3.18. The van der Waals surface area contributed by atoms with Gasteiger partial charge in [-0.3, -0.25) is 4.98 Å². The molecular formula is C46H91N2+. The Hall–Kier alpha value is -0.790. The van der Waals surface area contributed by atoms with Crippen molar-refractivity contribution in [3.05, 3.63) is 18.7 Å². The fraction of sp³-hybridized carbons (Fsp3) is 0.935. The smallest absolute Gasteiger partial charge is 0.241 e. The van der Waals surface area contributed by atoms with Gasteiger partial charge in [-0.15, -0.1) is 0 Å². The summed E-state index contributed by atoms with van der Waals surface area (Å²) in [4.78, 5) is 3.18. The Morgan fingerprint density at radius 1 is 0.417 bits per heavy atom. The van der Waals surface area contributed by atoms with Crippen LogP contribution in [0.5, 0.6) is 0 Å². The molecule has 0 saturated heterocycles. The summed E-state index contributed by atoms with van der Waals surface area (Å²) < 4.78 is 2.31. The lowest BCUT2D eigenvalue weighted by Crippen LogP contribution is -2.31. The molecule has 48 heavy (non-hydrogen) atoms. The van der Waals surface area contributed by atoms with Crippen LogP contribution in [0.1, 0.15) is 241 Å². The Morgan fingerprint density at radius 3 is 1.31 bits per heavy atom. The molecule has 0 spiro atoms. The van der Waals surface area contributed by atoms with E-state index in [2.05, 4.69) is 63.6 Å². The predicted molar refractivity (Wildman–Crippen MR) is 216 cm³/mol. The maximum Gasteiger partial charge on any atom is 0.241 e. The molecule has 284 valence electrons. The Balaban J connectivity index is 1.99. The Morgan fingerprint density at radius 2 is 0.833 bits per heavy atom. The van der Waals surface area contributed by atoms with E-state index in [9.17, 15) is 0 Å². The van der Waals surface area contributed by atoms with Gasteiger partial charge < -0.3 is 0 Å². The van der Waals surface area contributed by atoms with E-state index in [1.54, 1.807) is 0 Å². The number of nitrogens with zero attached hydrogens (tertiary/aromatic N) is 1. The lowest BCUT2D eigenvalue weighted by Gasteiger charge is -2.18. The zero-order valence-electron chi connectivity index (χ0n) is 34.2. The van der Waals surface area contributed by atoms with Gasteiger partial charge >= 0.3 is 0 Å². The van der Waals surface area contributed by atoms with Crippen LogP contribution >= 0.6 is 0 Å². The molecule has 1 heterocycles. The van der Waals surface area contributed by atoms with E-state index in [-0.39, 0.29) is 0 Å². The number of aromatic amines is 1. The fourth-order valence-corrected chi connectivity index (χ4v) is 8.60. The fourth-order valence-electron chi connectivity index (χ4n) is 8.60. The minimum Gasteiger partial charge on any atom is -0.250 e. The second kappa shape index (κ2) is 33.4. The molecule has 5 unspecified atom stereocenters. The quantitative estimate of drug-likeness (QED) is 0.0536. The van der Waals surface area contributed by atoms with Crippen LogP contribution in [0.25, 0.3) is 0 Å². The van der Waals surface area contributed by atoms with Crippen LogP contribution in [0, 0.1) is 29.6 Å². The van der Waals surface area contributed by atoms with Gasteiger partial charge in [-0.05, 0) is 36.0 Å². The molecule has 1 N–H and O–H groups in total. The molecule has 2 heteroatoms. The Kier molecular flexibility index (Phi) is 31.4. The van der Waals surface area contributed by atoms with Crippen molar-refractivity contribution in [3.8, 4) is 0 Å². The topological polar surface area (TPSA) is 19.7 Å². The van der Waals surface area contributed by atoms with E-state index in [1.165, 1.54) is 206 Å². The molecule has 1 aromatic heterocycles. The van der Waals surface area contributed by atoms with Crippen LogP contribution in [0.4, 0.5) is 0 Å². The van der Waals surface area contributed by atoms with Crippen molar-refractivity contribution in [2.75, 3.05) is 0 Å². The zero-order chi connectivity index (χ0) is 34.9. The first-order valence-corrected chi connectivity index (χ1v) is 22.5. The molecule has 1 rings (SSSR count). The van der Waals surface area contributed by atoms with Gasteiger partial charge in [-0.25, -0.2) is 4.57 Å². The molecule has 0 fully saturated rings. The lowest BCUT2D eigenvalue weighted by molar-refractivity contribution is -0.696. The molecule has 0 aliphatic heterocycles. The number of nitrogens with one attached hydrogen (secondary N) is 1. The van der Waals surface area contributed by atoms with E-state index < -0.39 is 0 Å². The lowest BCUT2D eigenvalue weighted by atomic mass is 9.88. The van der Waals surface area contributed by atoms with Crippen molar-refractivity contribution in [2.24, 2.45) is 29.6 Å². The average Bonchev–Trinajstić information content (AvgIpc) is 3.61. The SMILES string of the molecule is CCCCCCC(CC)CCCC(C)CCCCCCCCC(C)CCCC(CCC)CCCCCCC(CCC)CC[n+]1cc[nH]c1. The molecule has 0 aliphatic rings. The minimum atomic E-state index is 0.911. The Bertz CT molecular complexity index is 741. The summed E-state index contributed by atoms with van der Waals surface area (Å²) >= 11 is 0. The van der Waals surface area contributed by atoms with E-state index >= 15 is 0 Å². The molecule has 0 aromatic carbocycles. The van der Waals surface area contributed by atoms with E-state index in [0.717, 1.165) is 29.6 Å². The van der Waals surface area contributed by atoms with Gasteiger partial charge in [0.05, 0.1) is 6.54 Å². The van der Waals surface area contributed by atoms with E-state index in [1.807, 2.05) is 6.20 Å². The summed E-state index contributed by atoms with van der Waals surface area (Å²) in [5.74, 6) is 4.78. The number of imidazole rings is 1. The van der Waals surface area contributed by atoms with Crippen molar-refractivity contribution in [3.63, 3.8) is 0 Å². The largest absolute Gasteiger partial charge is 0.250 e. The maximum atomic E-state index is 3.18. The number of H-pyrrole nitrogens is 1. The van der Waals surface area contributed by atoms with Crippen LogP contribution in [-0.2, 0) is 6.54 Å². The molecule has 0 radical (unpaired) electrons. The summed E-state index contributed by atoms with van der Waals surface area (Å²) in [5.41, 5.74) is 0. The number of rotatable bonds is 37. The van der Waals surface area contributed by atoms with Crippen molar-refractivity contribution in [1.29, 1.82) is 0 Å². The van der Waals surface area contributed by atoms with Crippen LogP contribution in [0.3, 0.4) is 0 Å². The second-order valence-corrected chi connectivity index (χ2v) is 16.8. The van der Waals surface area contributed by atoms with Crippen molar-refractivity contribution >= 4 is 0 Å². The van der Waals surface area contributed by atoms with Crippen molar-refractivity contribution in [2.45, 2.75) is 247 Å². The third kappa shape index (κ3) is 27.0. The molecule has 5 atom stereocenters. The van der Waals surface area contributed by atoms with Crippen LogP contribution in [-0.4, -0.2) is 4.98 Å². The molecule has 0 aliphatic carbocycles. The predicted octanol–water partition coefficient (Wildman–Crippen LogP) is 15.6. The number of aryl methyl sites for hydroxylation is 1. The highest BCUT2D eigenvalue weighted by atomic mass is 15.0. The number of hydrogen-bond acceptors (Lipinski definition) is 0. The van der Waals surface area contributed by atoms with Crippen LogP contribution < -0.4 is 4.57 Å². The zero-order valence-corrected chi connectivity index (χ0v) is 34.2. The molecular weight excluding hydrogens is 581 g/mol. The normalized spacial score (nSPS) is 15.0. The molecule has 2 nitrogen and oxygen atoms in total. The highest BCUT2D eigenvalue weighted by Crippen LogP contribution is 2.27. The molecule has 0 bridgehead atoms. The third-order valence-corrected chi connectivity index (χ3v) is 12.1. The summed E-state index contributed by atoms with van der Waals surface area (Å²) in [5, 5.41) is 0. The van der Waals surface area contributed by atoms with Crippen molar-refractivity contribution in [1.82, 2.24) is 4.98 Å². The Labute approximate surface area is 304 Å². The van der Waals surface area contributed by atoms with Gasteiger partial charge in [0.25, 0.3) is 0 Å². The van der Waals surface area contributed by atoms with Gasteiger partial charge in [0.2, 0.25) is 6.33 Å². The highest BCUT2D eigenvalue weighted by molar-refractivity contribution is 4.65. The first-order valence-electron chi connectivity index (χ1n) is 22.5. The second-order valence-electron chi connectivity index (χ2n) is 16.8. The number of aromatic nitrogens is 2. The third-order valence-electron chi connectivity index (χ3n) is 12.1. The van der Waals surface area contributed by atoms with Gasteiger partial charge in [0.1, 0.15) is 12.4 Å². The minimum absolute atomic E-state index is 0.911. The average molecular weight is 672 g/mol. The van der Waals surface area contributed by atoms with Gasteiger partial charge in [0, 0.05) is 0 Å². The van der Waals surface area contributed by atoms with Crippen LogP contribution in [0.2, 0.25) is 0 Å². The molecule has 1 aromatic rings. The summed E-state index contributed by atoms with van der Waals surface area (Å²) in [7, 11) is 0. The first-order chi connectivity index (χ1) is 23.5. The van der Waals surface area contributed by atoms with Gasteiger partial charge in [0.15, 0.2) is 0 Å². The summed E-state index contributed by atoms with van der Waals surface area (Å²) in [6, 6.07) is 0. The van der Waals surface area contributed by atoms with Gasteiger partial charge in [-0.1, -0.05) is 234 Å². The van der Waals surface area contributed by atoms with Gasteiger partial charge in [-0.2, -0.15) is 0 Å². The van der Waals surface area contributed by atoms with E-state index in [0.29, 0.717) is 0 Å². The van der Waals surface area contributed by atoms with Crippen LogP contribution in [0.15, 0.2) is 18.7 Å². The first kappa shape index (κ1) is 45.2. The number of unbranched alkanes of at least 4 members (excludes halogenated alkanes) is 11. The summed E-state index contributed by atoms with van der Waals surface area (Å²) in [6.07, 6.45) is 51.2. The standard InChI is InChI=1S/C46H90N2/c1-7-11-12-21-32-44(10-4)35-24-30-42(5)28-19-15-13-14-16-20-29-43(6)31-25-36-45(26-8-2)33-22-17-18-23-34-46(27-9-3)37-39-48-40-38-47-41-48/h38,40-46H,7-37,39H2,1-6H3/p+1. The van der Waals surface area contributed by atoms with E-state index in [4.69, 9.17) is 0 Å². The summed E-state index contributed by atoms with van der Waals surface area (Å²) in [6.45, 7) is 15.7. The highest BCUT2D eigenvalue weighted by Gasteiger charge is 2.12. The van der Waals surface area contributed by atoms with Crippen molar-refractivity contribution < 1.29 is 4.57 Å².